The van der Waals surface area contributed by atoms with Crippen LogP contribution in [0.15, 0.2) is 12.3 Å². The molecule has 0 atom stereocenters. The fourth-order valence-electron chi connectivity index (χ4n) is 0.913. The molecule has 70 valence electrons. The van der Waals surface area contributed by atoms with Crippen molar-refractivity contribution in [3.63, 3.8) is 0 Å². The summed E-state index contributed by atoms with van der Waals surface area (Å²) < 4.78 is 0. The number of nitrogens with one attached hydrogen (secondary N) is 2. The lowest BCUT2D eigenvalue weighted by atomic mass is 10.4. The maximum atomic E-state index is 10.5. The maximum absolute atomic E-state index is 10.5. The van der Waals surface area contributed by atoms with E-state index in [1.807, 2.05) is 19.1 Å². The molecule has 0 spiro atoms. The van der Waals surface area contributed by atoms with Gasteiger partial charge in [0.1, 0.15) is 5.82 Å². The summed E-state index contributed by atoms with van der Waals surface area (Å²) in [6, 6.07) is 0. The van der Waals surface area contributed by atoms with Crippen LogP contribution in [0.5, 0.6) is 0 Å². The smallest absolute Gasteiger partial charge is 0.217 e. The molecule has 0 aliphatic carbocycles. The van der Waals surface area contributed by atoms with E-state index in [-0.39, 0.29) is 5.91 Å². The lowest BCUT2D eigenvalue weighted by Gasteiger charge is -1.93. The number of carbonyl (C=O) groups excluding carboxylic acids is 1. The van der Waals surface area contributed by atoms with Crippen molar-refractivity contribution in [1.29, 1.82) is 0 Å². The highest BCUT2D eigenvalue weighted by atomic mass is 16.1. The molecule has 0 fully saturated rings. The van der Waals surface area contributed by atoms with Gasteiger partial charge in [0, 0.05) is 13.5 Å². The van der Waals surface area contributed by atoms with E-state index in [4.69, 9.17) is 0 Å². The molecule has 4 heteroatoms. The largest absolute Gasteiger partial charge is 0.353 e. The van der Waals surface area contributed by atoms with E-state index in [1.165, 1.54) is 6.92 Å². The minimum atomic E-state index is -0.0227. The Morgan fingerprint density at radius 1 is 1.77 bits per heavy atom. The van der Waals surface area contributed by atoms with Crippen LogP contribution < -0.4 is 5.32 Å². The van der Waals surface area contributed by atoms with Gasteiger partial charge in [-0.15, -0.1) is 0 Å². The Labute approximate surface area is 77.1 Å². The number of imidazole rings is 1. The molecule has 0 aliphatic rings. The summed E-state index contributed by atoms with van der Waals surface area (Å²) in [6.07, 6.45) is 5.50. The Morgan fingerprint density at radius 2 is 2.54 bits per heavy atom. The lowest BCUT2D eigenvalue weighted by Crippen LogP contribution is -2.19. The molecule has 1 aromatic heterocycles. The number of hydrogen-bond donors (Lipinski definition) is 2. The van der Waals surface area contributed by atoms with Crippen molar-refractivity contribution in [1.82, 2.24) is 15.3 Å². The lowest BCUT2D eigenvalue weighted by molar-refractivity contribution is -0.118. The molecule has 0 aromatic carbocycles. The molecule has 1 heterocycles. The minimum Gasteiger partial charge on any atom is -0.353 e. The molecular weight excluding hydrogens is 166 g/mol. The second kappa shape index (κ2) is 4.45. The van der Waals surface area contributed by atoms with Gasteiger partial charge in [-0.3, -0.25) is 4.79 Å². The fourth-order valence-corrected chi connectivity index (χ4v) is 0.913. The SMILES string of the molecule is CC(=O)NCC=Cc1cnc(C)[nH]1. The zero-order chi connectivity index (χ0) is 9.68. The highest BCUT2D eigenvalue weighted by Crippen LogP contribution is 1.97. The van der Waals surface area contributed by atoms with Crippen LogP contribution in [-0.2, 0) is 4.79 Å². The van der Waals surface area contributed by atoms with Gasteiger partial charge in [-0.1, -0.05) is 6.08 Å². The van der Waals surface area contributed by atoms with Crippen LogP contribution >= 0.6 is 0 Å². The van der Waals surface area contributed by atoms with Crippen molar-refractivity contribution in [3.05, 3.63) is 23.8 Å². The number of hydrogen-bond acceptors (Lipinski definition) is 2. The van der Waals surface area contributed by atoms with Gasteiger partial charge in [-0.25, -0.2) is 4.98 Å². The molecular formula is C9H13N3O. The van der Waals surface area contributed by atoms with Gasteiger partial charge in [0.2, 0.25) is 5.91 Å². The van der Waals surface area contributed by atoms with Crippen LogP contribution in [0.1, 0.15) is 18.4 Å². The number of rotatable bonds is 3. The summed E-state index contributed by atoms with van der Waals surface area (Å²) in [4.78, 5) is 17.6. The molecule has 1 rings (SSSR count). The number of aromatic nitrogens is 2. The summed E-state index contributed by atoms with van der Waals surface area (Å²) in [6.45, 7) is 3.94. The Kier molecular flexibility index (Phi) is 3.25. The maximum Gasteiger partial charge on any atom is 0.217 e. The summed E-state index contributed by atoms with van der Waals surface area (Å²) in [5.74, 6) is 0.865. The van der Waals surface area contributed by atoms with Gasteiger partial charge < -0.3 is 10.3 Å². The zero-order valence-corrected chi connectivity index (χ0v) is 7.79. The molecule has 1 amide bonds. The quantitative estimate of drug-likeness (QED) is 0.723. The Morgan fingerprint density at radius 3 is 3.08 bits per heavy atom. The van der Waals surface area contributed by atoms with Crippen molar-refractivity contribution < 1.29 is 4.79 Å². The number of amides is 1. The van der Waals surface area contributed by atoms with Gasteiger partial charge >= 0.3 is 0 Å². The third-order valence-electron chi connectivity index (χ3n) is 1.49. The van der Waals surface area contributed by atoms with E-state index in [9.17, 15) is 4.79 Å². The van der Waals surface area contributed by atoms with E-state index in [1.54, 1.807) is 6.20 Å². The number of carbonyl (C=O) groups is 1. The van der Waals surface area contributed by atoms with Crippen LogP contribution in [0.4, 0.5) is 0 Å². The minimum absolute atomic E-state index is 0.0227. The van der Waals surface area contributed by atoms with Crippen molar-refractivity contribution in [2.75, 3.05) is 6.54 Å². The topological polar surface area (TPSA) is 57.8 Å². The number of H-pyrrole nitrogens is 1. The Hall–Kier alpha value is -1.58. The van der Waals surface area contributed by atoms with Crippen LogP contribution in [-0.4, -0.2) is 22.4 Å². The molecule has 13 heavy (non-hydrogen) atoms. The van der Waals surface area contributed by atoms with Gasteiger partial charge in [0.25, 0.3) is 0 Å². The standard InChI is InChI=1S/C9H13N3O/c1-7-11-6-9(12-7)4-3-5-10-8(2)13/h3-4,6H,5H2,1-2H3,(H,10,13)(H,11,12). The predicted octanol–water partition coefficient (Wildman–Crippen LogP) is 0.867. The average Bonchev–Trinajstić information content (AvgIpc) is 2.45. The van der Waals surface area contributed by atoms with Crippen LogP contribution in [0.2, 0.25) is 0 Å². The molecule has 2 N–H and O–H groups in total. The molecule has 0 bridgehead atoms. The van der Waals surface area contributed by atoms with E-state index in [0.29, 0.717) is 6.54 Å². The van der Waals surface area contributed by atoms with E-state index < -0.39 is 0 Å². The highest BCUT2D eigenvalue weighted by molar-refractivity contribution is 5.73. The predicted molar refractivity (Wildman–Crippen MR) is 51.0 cm³/mol. The summed E-state index contributed by atoms with van der Waals surface area (Å²) in [5.41, 5.74) is 0.947. The molecule has 1 aromatic rings. The molecule has 0 unspecified atom stereocenters. The van der Waals surface area contributed by atoms with Gasteiger partial charge in [-0.05, 0) is 13.0 Å². The third kappa shape index (κ3) is 3.55. The van der Waals surface area contributed by atoms with Gasteiger partial charge in [0.15, 0.2) is 0 Å². The van der Waals surface area contributed by atoms with Crippen LogP contribution in [0.25, 0.3) is 6.08 Å². The van der Waals surface area contributed by atoms with Crippen molar-refractivity contribution >= 4 is 12.0 Å². The molecule has 0 radical (unpaired) electrons. The summed E-state index contributed by atoms with van der Waals surface area (Å²) in [7, 11) is 0. The van der Waals surface area contributed by atoms with Crippen molar-refractivity contribution in [2.24, 2.45) is 0 Å². The molecule has 0 saturated carbocycles. The monoisotopic (exact) mass is 179 g/mol. The normalized spacial score (nSPS) is 10.6. The summed E-state index contributed by atoms with van der Waals surface area (Å²) in [5, 5.41) is 2.66. The first kappa shape index (κ1) is 9.51. The third-order valence-corrected chi connectivity index (χ3v) is 1.49. The van der Waals surface area contributed by atoms with E-state index in [0.717, 1.165) is 11.5 Å². The highest BCUT2D eigenvalue weighted by Gasteiger charge is 1.90. The number of aryl methyl sites for hydroxylation is 1. The Bertz CT molecular complexity index is 314. The number of aromatic amines is 1. The molecule has 0 saturated heterocycles. The molecule has 0 aliphatic heterocycles. The van der Waals surface area contributed by atoms with E-state index >= 15 is 0 Å². The van der Waals surface area contributed by atoms with Crippen LogP contribution in [0.3, 0.4) is 0 Å². The Balaban J connectivity index is 2.36. The summed E-state index contributed by atoms with van der Waals surface area (Å²) >= 11 is 0. The van der Waals surface area contributed by atoms with Crippen LogP contribution in [0, 0.1) is 6.92 Å². The van der Waals surface area contributed by atoms with E-state index in [2.05, 4.69) is 15.3 Å². The first-order valence-electron chi connectivity index (χ1n) is 4.11. The zero-order valence-electron chi connectivity index (χ0n) is 7.79. The van der Waals surface area contributed by atoms with Gasteiger partial charge in [-0.2, -0.15) is 0 Å². The average molecular weight is 179 g/mol. The van der Waals surface area contributed by atoms with Crippen molar-refractivity contribution in [3.8, 4) is 0 Å². The first-order chi connectivity index (χ1) is 6.18. The van der Waals surface area contributed by atoms with Crippen molar-refractivity contribution in [2.45, 2.75) is 13.8 Å². The second-order valence-corrected chi connectivity index (χ2v) is 2.76. The van der Waals surface area contributed by atoms with Gasteiger partial charge in [0.05, 0.1) is 11.9 Å². The second-order valence-electron chi connectivity index (χ2n) is 2.76. The first-order valence-corrected chi connectivity index (χ1v) is 4.11. The molecule has 4 nitrogen and oxygen atoms in total. The number of nitrogens with zero attached hydrogens (tertiary/aromatic N) is 1. The fraction of sp³-hybridized carbons (Fsp3) is 0.333.